The highest BCUT2D eigenvalue weighted by molar-refractivity contribution is 5.92. The van der Waals surface area contributed by atoms with Gasteiger partial charge in [-0.25, -0.2) is 0 Å². The van der Waals surface area contributed by atoms with Crippen LogP contribution in [0.5, 0.6) is 0 Å². The minimum Gasteiger partial charge on any atom is -0.330 e. The van der Waals surface area contributed by atoms with E-state index in [2.05, 4.69) is 5.32 Å². The van der Waals surface area contributed by atoms with Gasteiger partial charge in [0.1, 0.15) is 0 Å². The molecule has 1 aliphatic carbocycles. The first-order valence-electron chi connectivity index (χ1n) is 6.76. The van der Waals surface area contributed by atoms with Crippen LogP contribution >= 0.6 is 0 Å². The van der Waals surface area contributed by atoms with Gasteiger partial charge in [-0.1, -0.05) is 12.1 Å². The smallest absolute Gasteiger partial charge is 0.227 e. The zero-order valence-electron chi connectivity index (χ0n) is 11.0. The molecule has 3 heteroatoms. The van der Waals surface area contributed by atoms with Crippen molar-refractivity contribution >= 4 is 11.6 Å². The van der Waals surface area contributed by atoms with Gasteiger partial charge in [-0.3, -0.25) is 4.79 Å². The summed E-state index contributed by atoms with van der Waals surface area (Å²) in [6.07, 6.45) is 4.11. The van der Waals surface area contributed by atoms with E-state index in [0.717, 1.165) is 37.9 Å². The quantitative estimate of drug-likeness (QED) is 0.861. The number of hydrogen-bond acceptors (Lipinski definition) is 2. The van der Waals surface area contributed by atoms with Crippen molar-refractivity contribution in [2.45, 2.75) is 32.6 Å². The summed E-state index contributed by atoms with van der Waals surface area (Å²) in [6, 6.07) is 7.94. The molecule has 2 rings (SSSR count). The summed E-state index contributed by atoms with van der Waals surface area (Å²) in [6.45, 7) is 2.79. The monoisotopic (exact) mass is 246 g/mol. The molecule has 18 heavy (non-hydrogen) atoms. The molecule has 0 aromatic heterocycles. The van der Waals surface area contributed by atoms with Crippen molar-refractivity contribution in [3.05, 3.63) is 29.8 Å². The fourth-order valence-electron chi connectivity index (χ4n) is 2.63. The van der Waals surface area contributed by atoms with Crippen molar-refractivity contribution in [3.8, 4) is 0 Å². The van der Waals surface area contributed by atoms with Crippen LogP contribution in [0.1, 0.15) is 31.2 Å². The van der Waals surface area contributed by atoms with Crippen LogP contribution in [0.15, 0.2) is 24.3 Å². The highest BCUT2D eigenvalue weighted by Gasteiger charge is 2.25. The first-order valence-corrected chi connectivity index (χ1v) is 6.76. The van der Waals surface area contributed by atoms with Crippen LogP contribution in [0.3, 0.4) is 0 Å². The zero-order chi connectivity index (χ0) is 13.0. The maximum atomic E-state index is 12.1. The van der Waals surface area contributed by atoms with E-state index in [-0.39, 0.29) is 11.8 Å². The Balaban J connectivity index is 1.89. The second-order valence-electron chi connectivity index (χ2n) is 5.31. The van der Waals surface area contributed by atoms with E-state index in [0.29, 0.717) is 5.92 Å². The molecule has 0 aliphatic heterocycles. The Labute approximate surface area is 109 Å². The maximum Gasteiger partial charge on any atom is 0.227 e. The highest BCUT2D eigenvalue weighted by Crippen LogP contribution is 2.29. The molecule has 0 heterocycles. The third-order valence-corrected chi connectivity index (χ3v) is 3.84. The van der Waals surface area contributed by atoms with Crippen LogP contribution < -0.4 is 11.1 Å². The topological polar surface area (TPSA) is 55.1 Å². The Bertz CT molecular complexity index is 409. The molecule has 0 bridgehead atoms. The fraction of sp³-hybridized carbons (Fsp3) is 0.533. The number of nitrogens with two attached hydrogens (primary N) is 1. The average Bonchev–Trinajstić information content (AvgIpc) is 2.39. The van der Waals surface area contributed by atoms with Gasteiger partial charge < -0.3 is 11.1 Å². The van der Waals surface area contributed by atoms with Gasteiger partial charge in [0.25, 0.3) is 0 Å². The van der Waals surface area contributed by atoms with Gasteiger partial charge in [0, 0.05) is 11.6 Å². The van der Waals surface area contributed by atoms with E-state index in [1.165, 1.54) is 5.56 Å². The molecular weight excluding hydrogens is 224 g/mol. The van der Waals surface area contributed by atoms with Gasteiger partial charge in [-0.15, -0.1) is 0 Å². The Morgan fingerprint density at radius 3 is 2.67 bits per heavy atom. The molecule has 0 spiro atoms. The van der Waals surface area contributed by atoms with Crippen molar-refractivity contribution < 1.29 is 4.79 Å². The van der Waals surface area contributed by atoms with E-state index >= 15 is 0 Å². The predicted molar refractivity (Wildman–Crippen MR) is 74.3 cm³/mol. The SMILES string of the molecule is Cc1cccc(NC(=O)C2CCC(CN)CC2)c1. The first kappa shape index (κ1) is 13.1. The van der Waals surface area contributed by atoms with E-state index in [1.807, 2.05) is 31.2 Å². The summed E-state index contributed by atoms with van der Waals surface area (Å²) >= 11 is 0. The van der Waals surface area contributed by atoms with Crippen LogP contribution in [0.4, 0.5) is 5.69 Å². The number of anilines is 1. The lowest BCUT2D eigenvalue weighted by Gasteiger charge is -2.26. The van der Waals surface area contributed by atoms with E-state index in [4.69, 9.17) is 5.73 Å². The van der Waals surface area contributed by atoms with Crippen LogP contribution in [0, 0.1) is 18.8 Å². The van der Waals surface area contributed by atoms with E-state index in [1.54, 1.807) is 0 Å². The molecular formula is C15H22N2O. The number of aryl methyl sites for hydroxylation is 1. The van der Waals surface area contributed by atoms with Gasteiger partial charge in [-0.05, 0) is 62.8 Å². The summed E-state index contributed by atoms with van der Waals surface area (Å²) in [5.74, 6) is 0.942. The van der Waals surface area contributed by atoms with Crippen LogP contribution in [-0.4, -0.2) is 12.5 Å². The van der Waals surface area contributed by atoms with Crippen molar-refractivity contribution in [3.63, 3.8) is 0 Å². The third-order valence-electron chi connectivity index (χ3n) is 3.84. The third kappa shape index (κ3) is 3.33. The predicted octanol–water partition coefficient (Wildman–Crippen LogP) is 2.70. The molecule has 1 amide bonds. The van der Waals surface area contributed by atoms with Gasteiger partial charge >= 0.3 is 0 Å². The zero-order valence-corrected chi connectivity index (χ0v) is 11.0. The van der Waals surface area contributed by atoms with Crippen LogP contribution in [-0.2, 0) is 4.79 Å². The molecule has 0 unspecified atom stereocenters. The number of amides is 1. The standard InChI is InChI=1S/C15H22N2O/c1-11-3-2-4-14(9-11)17-15(18)13-7-5-12(10-16)6-8-13/h2-4,9,12-13H,5-8,10,16H2,1H3,(H,17,18). The summed E-state index contributed by atoms with van der Waals surface area (Å²) in [5.41, 5.74) is 7.73. The number of benzene rings is 1. The molecule has 0 saturated heterocycles. The molecule has 1 aliphatic rings. The van der Waals surface area contributed by atoms with Crippen molar-refractivity contribution in [2.75, 3.05) is 11.9 Å². The molecule has 1 saturated carbocycles. The minimum absolute atomic E-state index is 0.160. The lowest BCUT2D eigenvalue weighted by molar-refractivity contribution is -0.121. The normalized spacial score (nSPS) is 23.7. The second kappa shape index (κ2) is 6.01. The first-order chi connectivity index (χ1) is 8.69. The maximum absolute atomic E-state index is 12.1. The van der Waals surface area contributed by atoms with Crippen molar-refractivity contribution in [2.24, 2.45) is 17.6 Å². The van der Waals surface area contributed by atoms with Crippen LogP contribution in [0.2, 0.25) is 0 Å². The molecule has 98 valence electrons. The Hall–Kier alpha value is -1.35. The molecule has 0 atom stereocenters. The van der Waals surface area contributed by atoms with Gasteiger partial charge in [0.05, 0.1) is 0 Å². The summed E-state index contributed by atoms with van der Waals surface area (Å²) < 4.78 is 0. The van der Waals surface area contributed by atoms with Crippen molar-refractivity contribution in [1.82, 2.24) is 0 Å². The minimum atomic E-state index is 0.160. The molecule has 1 aromatic carbocycles. The van der Waals surface area contributed by atoms with E-state index < -0.39 is 0 Å². The number of nitrogens with one attached hydrogen (secondary N) is 1. The highest BCUT2D eigenvalue weighted by atomic mass is 16.1. The van der Waals surface area contributed by atoms with E-state index in [9.17, 15) is 4.79 Å². The summed E-state index contributed by atoms with van der Waals surface area (Å²) in [4.78, 5) is 12.1. The van der Waals surface area contributed by atoms with Gasteiger partial charge in [0.2, 0.25) is 5.91 Å². The van der Waals surface area contributed by atoms with Crippen molar-refractivity contribution in [1.29, 1.82) is 0 Å². The number of hydrogen-bond donors (Lipinski definition) is 2. The van der Waals surface area contributed by atoms with Gasteiger partial charge in [-0.2, -0.15) is 0 Å². The lowest BCUT2D eigenvalue weighted by atomic mass is 9.81. The second-order valence-corrected chi connectivity index (χ2v) is 5.31. The fourth-order valence-corrected chi connectivity index (χ4v) is 2.63. The Morgan fingerprint density at radius 1 is 1.33 bits per heavy atom. The average molecular weight is 246 g/mol. The van der Waals surface area contributed by atoms with Gasteiger partial charge in [0.15, 0.2) is 0 Å². The molecule has 3 nitrogen and oxygen atoms in total. The molecule has 1 aromatic rings. The molecule has 1 fully saturated rings. The molecule has 0 radical (unpaired) electrons. The summed E-state index contributed by atoms with van der Waals surface area (Å²) in [5, 5.41) is 3.02. The number of carbonyl (C=O) groups excluding carboxylic acids is 1. The van der Waals surface area contributed by atoms with Crippen LogP contribution in [0.25, 0.3) is 0 Å². The largest absolute Gasteiger partial charge is 0.330 e. The number of rotatable bonds is 3. The summed E-state index contributed by atoms with van der Waals surface area (Å²) in [7, 11) is 0. The Kier molecular flexibility index (Phi) is 4.37. The number of carbonyl (C=O) groups is 1. The lowest BCUT2D eigenvalue weighted by Crippen LogP contribution is -2.29. The Morgan fingerprint density at radius 2 is 2.06 bits per heavy atom. The molecule has 3 N–H and O–H groups in total.